The standard InChI is InChI=1S/C17H21N5O3S/c1-2-26(24,25)20-15-5-3-11-21(13-15)17(23)19-14-6-8-16(9-7-14)22-12-4-10-18-22/h2,4,6-10,12,15,20H,1,3,5,11,13H2,(H,19,23)/t15-/m1/s1. The molecule has 0 unspecified atom stereocenters. The van der Waals surface area contributed by atoms with Crippen LogP contribution in [0.2, 0.25) is 0 Å². The van der Waals surface area contributed by atoms with Crippen molar-refractivity contribution in [2.45, 2.75) is 18.9 Å². The summed E-state index contributed by atoms with van der Waals surface area (Å²) in [5.74, 6) is 0. The van der Waals surface area contributed by atoms with E-state index in [-0.39, 0.29) is 12.1 Å². The minimum Gasteiger partial charge on any atom is -0.323 e. The molecule has 1 aliphatic rings. The van der Waals surface area contributed by atoms with E-state index in [1.165, 1.54) is 0 Å². The summed E-state index contributed by atoms with van der Waals surface area (Å²) in [5.41, 5.74) is 1.56. The van der Waals surface area contributed by atoms with Crippen molar-refractivity contribution < 1.29 is 13.2 Å². The number of piperidine rings is 1. The van der Waals surface area contributed by atoms with Gasteiger partial charge in [-0.2, -0.15) is 5.10 Å². The number of sulfonamides is 1. The zero-order valence-corrected chi connectivity index (χ0v) is 15.0. The first-order chi connectivity index (χ1) is 12.5. The molecule has 8 nitrogen and oxygen atoms in total. The first-order valence-electron chi connectivity index (χ1n) is 8.27. The summed E-state index contributed by atoms with van der Waals surface area (Å²) < 4.78 is 27.5. The molecule has 2 aromatic rings. The van der Waals surface area contributed by atoms with Gasteiger partial charge in [-0.15, -0.1) is 0 Å². The number of aromatic nitrogens is 2. The molecule has 1 aromatic carbocycles. The fourth-order valence-corrected chi connectivity index (χ4v) is 3.61. The lowest BCUT2D eigenvalue weighted by atomic mass is 10.1. The number of hydrogen-bond acceptors (Lipinski definition) is 4. The SMILES string of the molecule is C=CS(=O)(=O)N[C@@H]1CCCN(C(=O)Nc2ccc(-n3cccn3)cc2)C1. The monoisotopic (exact) mass is 375 g/mol. The Labute approximate surface area is 152 Å². The Morgan fingerprint density at radius 3 is 2.73 bits per heavy atom. The zero-order valence-electron chi connectivity index (χ0n) is 14.2. The number of benzene rings is 1. The fraction of sp³-hybridized carbons (Fsp3) is 0.294. The Bertz CT molecular complexity index is 862. The van der Waals surface area contributed by atoms with E-state index in [9.17, 15) is 13.2 Å². The normalized spacial score (nSPS) is 17.7. The van der Waals surface area contributed by atoms with Crippen LogP contribution in [0.25, 0.3) is 5.69 Å². The topological polar surface area (TPSA) is 96.3 Å². The van der Waals surface area contributed by atoms with Gasteiger partial charge in [-0.1, -0.05) is 6.58 Å². The number of likely N-dealkylation sites (tertiary alicyclic amines) is 1. The number of nitrogens with zero attached hydrogens (tertiary/aromatic N) is 3. The van der Waals surface area contributed by atoms with E-state index < -0.39 is 10.0 Å². The number of anilines is 1. The summed E-state index contributed by atoms with van der Waals surface area (Å²) in [5, 5.41) is 7.88. The molecule has 3 rings (SSSR count). The number of amides is 2. The molecule has 0 bridgehead atoms. The molecule has 26 heavy (non-hydrogen) atoms. The molecular weight excluding hydrogens is 354 g/mol. The largest absolute Gasteiger partial charge is 0.323 e. The van der Waals surface area contributed by atoms with Crippen molar-refractivity contribution in [1.29, 1.82) is 0 Å². The van der Waals surface area contributed by atoms with Crippen molar-refractivity contribution >= 4 is 21.7 Å². The molecule has 1 atom stereocenters. The predicted molar refractivity (Wildman–Crippen MR) is 99.4 cm³/mol. The third kappa shape index (κ3) is 4.50. The number of rotatable bonds is 5. The third-order valence-corrected chi connectivity index (χ3v) is 5.25. The maximum absolute atomic E-state index is 12.5. The van der Waals surface area contributed by atoms with Gasteiger partial charge in [0.25, 0.3) is 0 Å². The summed E-state index contributed by atoms with van der Waals surface area (Å²) >= 11 is 0. The molecule has 1 saturated heterocycles. The Kier molecular flexibility index (Phi) is 5.38. The van der Waals surface area contributed by atoms with Gasteiger partial charge < -0.3 is 10.2 Å². The molecule has 1 aromatic heterocycles. The second-order valence-corrected chi connectivity index (χ2v) is 7.70. The average molecular weight is 375 g/mol. The predicted octanol–water partition coefficient (Wildman–Crippen LogP) is 1.93. The number of urea groups is 1. The minimum atomic E-state index is -3.51. The van der Waals surface area contributed by atoms with Gasteiger partial charge in [-0.05, 0) is 43.2 Å². The van der Waals surface area contributed by atoms with Crippen molar-refractivity contribution in [3.05, 3.63) is 54.7 Å². The van der Waals surface area contributed by atoms with Gasteiger partial charge in [0.05, 0.1) is 5.69 Å². The lowest BCUT2D eigenvalue weighted by Crippen LogP contribution is -2.50. The molecule has 2 amide bonds. The Balaban J connectivity index is 1.59. The van der Waals surface area contributed by atoms with Crippen molar-refractivity contribution in [2.24, 2.45) is 0 Å². The molecular formula is C17H21N5O3S. The van der Waals surface area contributed by atoms with Gasteiger partial charge in [0.15, 0.2) is 0 Å². The number of nitrogens with one attached hydrogen (secondary N) is 2. The van der Waals surface area contributed by atoms with Gasteiger partial charge in [-0.3, -0.25) is 0 Å². The van der Waals surface area contributed by atoms with E-state index in [0.717, 1.165) is 17.5 Å². The Hall–Kier alpha value is -2.65. The number of carbonyl (C=O) groups is 1. The second-order valence-electron chi connectivity index (χ2n) is 6.04. The van der Waals surface area contributed by atoms with Crippen LogP contribution in [0.4, 0.5) is 10.5 Å². The van der Waals surface area contributed by atoms with Crippen molar-refractivity contribution in [3.8, 4) is 5.69 Å². The van der Waals surface area contributed by atoms with E-state index in [4.69, 9.17) is 0 Å². The quantitative estimate of drug-likeness (QED) is 0.835. The van der Waals surface area contributed by atoms with Crippen LogP contribution in [0.15, 0.2) is 54.7 Å². The lowest BCUT2D eigenvalue weighted by molar-refractivity contribution is 0.190. The smallest absolute Gasteiger partial charge is 0.321 e. The van der Waals surface area contributed by atoms with E-state index in [1.54, 1.807) is 27.9 Å². The molecule has 0 saturated carbocycles. The highest BCUT2D eigenvalue weighted by Gasteiger charge is 2.26. The third-order valence-electron chi connectivity index (χ3n) is 4.15. The van der Waals surface area contributed by atoms with E-state index >= 15 is 0 Å². The van der Waals surface area contributed by atoms with E-state index in [1.807, 2.05) is 24.4 Å². The van der Waals surface area contributed by atoms with Crippen LogP contribution in [0, 0.1) is 0 Å². The first-order valence-corrected chi connectivity index (χ1v) is 9.82. The zero-order chi connectivity index (χ0) is 18.6. The van der Waals surface area contributed by atoms with Crippen molar-refractivity contribution in [2.75, 3.05) is 18.4 Å². The second kappa shape index (κ2) is 7.71. The van der Waals surface area contributed by atoms with Gasteiger partial charge >= 0.3 is 6.03 Å². The maximum Gasteiger partial charge on any atom is 0.321 e. The Morgan fingerprint density at radius 2 is 2.08 bits per heavy atom. The van der Waals surface area contributed by atoms with Gasteiger partial charge in [-0.25, -0.2) is 22.6 Å². The van der Waals surface area contributed by atoms with Crippen molar-refractivity contribution in [3.63, 3.8) is 0 Å². The van der Waals surface area contributed by atoms with Crippen LogP contribution < -0.4 is 10.0 Å². The van der Waals surface area contributed by atoms with E-state index in [0.29, 0.717) is 25.2 Å². The van der Waals surface area contributed by atoms with Crippen molar-refractivity contribution in [1.82, 2.24) is 19.4 Å². The molecule has 1 aliphatic heterocycles. The summed E-state index contributed by atoms with van der Waals surface area (Å²) in [7, 11) is -3.51. The molecule has 2 N–H and O–H groups in total. The summed E-state index contributed by atoms with van der Waals surface area (Å²) in [6.45, 7) is 4.19. The molecule has 2 heterocycles. The number of hydrogen-bond donors (Lipinski definition) is 2. The highest BCUT2D eigenvalue weighted by Crippen LogP contribution is 2.16. The highest BCUT2D eigenvalue weighted by molar-refractivity contribution is 7.92. The van der Waals surface area contributed by atoms with Crippen LogP contribution in [0.1, 0.15) is 12.8 Å². The molecule has 0 aliphatic carbocycles. The molecule has 0 radical (unpaired) electrons. The van der Waals surface area contributed by atoms with Crippen LogP contribution in [-0.4, -0.2) is 48.3 Å². The highest BCUT2D eigenvalue weighted by atomic mass is 32.2. The van der Waals surface area contributed by atoms with Crippen LogP contribution in [0.5, 0.6) is 0 Å². The fourth-order valence-electron chi connectivity index (χ4n) is 2.86. The Morgan fingerprint density at radius 1 is 1.31 bits per heavy atom. The van der Waals surface area contributed by atoms with Gasteiger partial charge in [0.1, 0.15) is 0 Å². The molecule has 1 fully saturated rings. The molecule has 9 heteroatoms. The van der Waals surface area contributed by atoms with Gasteiger partial charge in [0, 0.05) is 42.6 Å². The number of carbonyl (C=O) groups excluding carboxylic acids is 1. The van der Waals surface area contributed by atoms with Crippen LogP contribution >= 0.6 is 0 Å². The van der Waals surface area contributed by atoms with Gasteiger partial charge in [0.2, 0.25) is 10.0 Å². The van der Waals surface area contributed by atoms with E-state index in [2.05, 4.69) is 21.7 Å². The minimum absolute atomic E-state index is 0.251. The maximum atomic E-state index is 12.5. The first kappa shape index (κ1) is 18.2. The summed E-state index contributed by atoms with van der Waals surface area (Å²) in [6, 6.07) is 8.61. The molecule has 0 spiro atoms. The molecule has 138 valence electrons. The summed E-state index contributed by atoms with van der Waals surface area (Å²) in [6.07, 6.45) is 4.96. The van der Waals surface area contributed by atoms with Crippen LogP contribution in [0.3, 0.4) is 0 Å². The van der Waals surface area contributed by atoms with Crippen LogP contribution in [-0.2, 0) is 10.0 Å². The average Bonchev–Trinajstić information content (AvgIpc) is 3.17. The lowest BCUT2D eigenvalue weighted by Gasteiger charge is -2.32. The summed E-state index contributed by atoms with van der Waals surface area (Å²) in [4.78, 5) is 14.1.